The van der Waals surface area contributed by atoms with E-state index < -0.39 is 10.1 Å². The van der Waals surface area contributed by atoms with Crippen molar-refractivity contribution in [3.05, 3.63) is 29.8 Å². The number of hydrogen-bond donors (Lipinski definition) is 1. The minimum Gasteiger partial charge on any atom is -0.282 e. The summed E-state index contributed by atoms with van der Waals surface area (Å²) in [7, 11) is -4.07. The maximum Gasteiger partial charge on any atom is 0.294 e. The predicted octanol–water partition coefficient (Wildman–Crippen LogP) is 3.69. The Morgan fingerprint density at radius 2 is 1.78 bits per heavy atom. The van der Waals surface area contributed by atoms with E-state index in [1.807, 2.05) is 0 Å². The molecule has 1 aromatic carbocycles. The molecule has 0 saturated carbocycles. The van der Waals surface area contributed by atoms with Gasteiger partial charge in [-0.3, -0.25) is 4.55 Å². The highest BCUT2D eigenvalue weighted by atomic mass is 32.2. The first-order valence-electron chi connectivity index (χ1n) is 6.50. The zero-order chi connectivity index (χ0) is 13.6. The van der Waals surface area contributed by atoms with Crippen LogP contribution in [0.2, 0.25) is 0 Å². The molecule has 0 radical (unpaired) electrons. The molecule has 102 valence electrons. The Hall–Kier alpha value is -0.870. The molecular weight excluding hydrogens is 248 g/mol. The van der Waals surface area contributed by atoms with Gasteiger partial charge in [-0.2, -0.15) is 8.42 Å². The Morgan fingerprint density at radius 1 is 1.17 bits per heavy atom. The smallest absolute Gasteiger partial charge is 0.282 e. The summed E-state index contributed by atoms with van der Waals surface area (Å²) in [5.74, 6) is 0.605. The molecule has 3 nitrogen and oxygen atoms in total. The van der Waals surface area contributed by atoms with E-state index in [-0.39, 0.29) is 4.90 Å². The third-order valence-electron chi connectivity index (χ3n) is 3.11. The molecule has 1 atom stereocenters. The molecule has 0 saturated heterocycles. The van der Waals surface area contributed by atoms with Crippen LogP contribution < -0.4 is 0 Å². The van der Waals surface area contributed by atoms with E-state index in [1.54, 1.807) is 12.1 Å². The number of benzene rings is 1. The first-order chi connectivity index (χ1) is 8.43. The Morgan fingerprint density at radius 3 is 2.28 bits per heavy atom. The summed E-state index contributed by atoms with van der Waals surface area (Å²) >= 11 is 0. The van der Waals surface area contributed by atoms with Crippen molar-refractivity contribution in [1.82, 2.24) is 0 Å². The molecule has 0 aromatic heterocycles. The van der Waals surface area contributed by atoms with E-state index in [0.717, 1.165) is 12.0 Å². The van der Waals surface area contributed by atoms with Crippen LogP contribution in [0.5, 0.6) is 0 Å². The molecule has 1 aromatic rings. The monoisotopic (exact) mass is 270 g/mol. The van der Waals surface area contributed by atoms with Crippen LogP contribution in [0, 0.1) is 5.92 Å². The Bertz CT molecular complexity index is 448. The molecule has 0 amide bonds. The van der Waals surface area contributed by atoms with E-state index in [9.17, 15) is 8.42 Å². The fourth-order valence-electron chi connectivity index (χ4n) is 2.04. The van der Waals surface area contributed by atoms with E-state index in [0.29, 0.717) is 5.92 Å². The van der Waals surface area contributed by atoms with Crippen molar-refractivity contribution in [3.8, 4) is 0 Å². The zero-order valence-electron chi connectivity index (χ0n) is 11.1. The van der Waals surface area contributed by atoms with Crippen LogP contribution in [0.15, 0.2) is 29.2 Å². The summed E-state index contributed by atoms with van der Waals surface area (Å²) in [6.45, 7) is 4.41. The molecule has 0 bridgehead atoms. The Labute approximate surface area is 110 Å². The summed E-state index contributed by atoms with van der Waals surface area (Å²) in [4.78, 5) is -0.0371. The van der Waals surface area contributed by atoms with Gasteiger partial charge in [0.1, 0.15) is 0 Å². The lowest BCUT2D eigenvalue weighted by Crippen LogP contribution is -2.01. The molecule has 1 unspecified atom stereocenters. The van der Waals surface area contributed by atoms with Crippen molar-refractivity contribution in [3.63, 3.8) is 0 Å². The average molecular weight is 270 g/mol. The fourth-order valence-corrected chi connectivity index (χ4v) is 2.52. The van der Waals surface area contributed by atoms with Crippen LogP contribution in [0.4, 0.5) is 0 Å². The molecule has 18 heavy (non-hydrogen) atoms. The van der Waals surface area contributed by atoms with Gasteiger partial charge in [0, 0.05) is 0 Å². The van der Waals surface area contributed by atoms with Crippen LogP contribution >= 0.6 is 0 Å². The zero-order valence-corrected chi connectivity index (χ0v) is 11.9. The van der Waals surface area contributed by atoms with Gasteiger partial charge in [0.2, 0.25) is 0 Å². The Kier molecular flexibility index (Phi) is 5.82. The van der Waals surface area contributed by atoms with Gasteiger partial charge < -0.3 is 0 Å². The lowest BCUT2D eigenvalue weighted by atomic mass is 9.96. The van der Waals surface area contributed by atoms with Crippen molar-refractivity contribution in [2.45, 2.75) is 50.8 Å². The van der Waals surface area contributed by atoms with Crippen molar-refractivity contribution in [1.29, 1.82) is 0 Å². The normalized spacial score (nSPS) is 13.5. The third kappa shape index (κ3) is 5.19. The first kappa shape index (κ1) is 15.2. The molecule has 0 aliphatic carbocycles. The van der Waals surface area contributed by atoms with Crippen molar-refractivity contribution in [2.24, 2.45) is 5.92 Å². The molecule has 0 aliphatic rings. The highest BCUT2D eigenvalue weighted by Gasteiger charge is 2.09. The molecule has 0 aliphatic heterocycles. The molecule has 1 N–H and O–H groups in total. The standard InChI is InChI=1S/C14H22O3S/c1-3-4-5-6-12(2)11-13-7-9-14(10-8-13)18(15,16)17/h7-10,12H,3-6,11H2,1-2H3,(H,15,16,17). The average Bonchev–Trinajstić information content (AvgIpc) is 2.29. The molecule has 0 spiro atoms. The topological polar surface area (TPSA) is 54.4 Å². The van der Waals surface area contributed by atoms with Crippen LogP contribution in [0.3, 0.4) is 0 Å². The fraction of sp³-hybridized carbons (Fsp3) is 0.571. The van der Waals surface area contributed by atoms with Gasteiger partial charge in [-0.05, 0) is 30.0 Å². The number of unbranched alkanes of at least 4 members (excludes halogenated alkanes) is 2. The van der Waals surface area contributed by atoms with Gasteiger partial charge in [0.25, 0.3) is 10.1 Å². The van der Waals surface area contributed by atoms with Gasteiger partial charge in [-0.25, -0.2) is 0 Å². The highest BCUT2D eigenvalue weighted by molar-refractivity contribution is 7.85. The van der Waals surface area contributed by atoms with Crippen molar-refractivity contribution in [2.75, 3.05) is 0 Å². The molecule has 1 rings (SSSR count). The van der Waals surface area contributed by atoms with Gasteiger partial charge in [-0.1, -0.05) is 51.7 Å². The molecule has 0 heterocycles. The summed E-state index contributed by atoms with van der Waals surface area (Å²) in [5, 5.41) is 0. The lowest BCUT2D eigenvalue weighted by Gasteiger charge is -2.11. The second kappa shape index (κ2) is 6.90. The van der Waals surface area contributed by atoms with Gasteiger partial charge in [-0.15, -0.1) is 0 Å². The number of rotatable bonds is 7. The summed E-state index contributed by atoms with van der Waals surface area (Å²) in [5.41, 5.74) is 1.12. The van der Waals surface area contributed by atoms with Gasteiger partial charge in [0.15, 0.2) is 0 Å². The third-order valence-corrected chi connectivity index (χ3v) is 3.97. The van der Waals surface area contributed by atoms with Crippen LogP contribution in [0.25, 0.3) is 0 Å². The summed E-state index contributed by atoms with van der Waals surface area (Å²) in [6.07, 6.45) is 5.91. The van der Waals surface area contributed by atoms with E-state index in [1.165, 1.54) is 37.8 Å². The Balaban J connectivity index is 2.53. The maximum atomic E-state index is 10.9. The summed E-state index contributed by atoms with van der Waals surface area (Å²) in [6, 6.07) is 6.48. The maximum absolute atomic E-state index is 10.9. The minimum atomic E-state index is -4.07. The second-order valence-corrected chi connectivity index (χ2v) is 6.35. The van der Waals surface area contributed by atoms with Gasteiger partial charge >= 0.3 is 0 Å². The van der Waals surface area contributed by atoms with E-state index in [4.69, 9.17) is 4.55 Å². The second-order valence-electron chi connectivity index (χ2n) is 4.92. The quantitative estimate of drug-likeness (QED) is 0.607. The highest BCUT2D eigenvalue weighted by Crippen LogP contribution is 2.17. The van der Waals surface area contributed by atoms with Crippen molar-refractivity contribution >= 4 is 10.1 Å². The van der Waals surface area contributed by atoms with Crippen molar-refractivity contribution < 1.29 is 13.0 Å². The predicted molar refractivity (Wildman–Crippen MR) is 73.3 cm³/mol. The SMILES string of the molecule is CCCCCC(C)Cc1ccc(S(=O)(=O)O)cc1. The van der Waals surface area contributed by atoms with Gasteiger partial charge in [0.05, 0.1) is 4.90 Å². The van der Waals surface area contributed by atoms with E-state index >= 15 is 0 Å². The van der Waals surface area contributed by atoms with Crippen LogP contribution in [0.1, 0.15) is 45.1 Å². The van der Waals surface area contributed by atoms with Crippen LogP contribution in [-0.4, -0.2) is 13.0 Å². The largest absolute Gasteiger partial charge is 0.294 e. The molecule has 4 heteroatoms. The first-order valence-corrected chi connectivity index (χ1v) is 7.94. The minimum absolute atomic E-state index is 0.0371. The molecule has 0 fully saturated rings. The van der Waals surface area contributed by atoms with E-state index in [2.05, 4.69) is 13.8 Å². The van der Waals surface area contributed by atoms with Crippen LogP contribution in [-0.2, 0) is 16.5 Å². The summed E-state index contributed by atoms with van der Waals surface area (Å²) < 4.78 is 30.7. The lowest BCUT2D eigenvalue weighted by molar-refractivity contribution is 0.482. The molecular formula is C14H22O3S. The number of hydrogen-bond acceptors (Lipinski definition) is 2.